The fourth-order valence-corrected chi connectivity index (χ4v) is 5.34. The van der Waals surface area contributed by atoms with Crippen molar-refractivity contribution in [3.63, 3.8) is 0 Å². The molecule has 0 radical (unpaired) electrons. The molecule has 6 nitrogen and oxygen atoms in total. The molecule has 3 aliphatic rings. The van der Waals surface area contributed by atoms with Gasteiger partial charge in [-0.05, 0) is 52.8 Å². The lowest BCUT2D eigenvalue weighted by molar-refractivity contribution is -0.121. The number of imide groups is 2. The number of carbonyl (C=O) groups excluding carboxylic acids is 4. The first kappa shape index (κ1) is 20.1. The molecule has 1 atom stereocenters. The minimum atomic E-state index is -0.371. The SMILES string of the molecule is CC1(C)CC(C)(c2ccc(N3C(=O)C=CC3=O)cc2)c2cc(N3C(=O)C=CC3=O)ccc21. The second kappa shape index (κ2) is 6.60. The fraction of sp³-hybridized carbons (Fsp3) is 0.231. The van der Waals surface area contributed by atoms with Gasteiger partial charge in [0.25, 0.3) is 23.6 Å². The maximum atomic E-state index is 12.2. The van der Waals surface area contributed by atoms with E-state index in [1.165, 1.54) is 34.8 Å². The zero-order chi connectivity index (χ0) is 22.8. The number of benzene rings is 2. The average molecular weight is 426 g/mol. The van der Waals surface area contributed by atoms with Gasteiger partial charge in [0.2, 0.25) is 0 Å². The smallest absolute Gasteiger partial charge is 0.258 e. The zero-order valence-corrected chi connectivity index (χ0v) is 18.1. The summed E-state index contributed by atoms with van der Waals surface area (Å²) in [7, 11) is 0. The van der Waals surface area contributed by atoms with Crippen molar-refractivity contribution in [2.24, 2.45) is 0 Å². The molecule has 32 heavy (non-hydrogen) atoms. The van der Waals surface area contributed by atoms with E-state index in [9.17, 15) is 19.2 Å². The summed E-state index contributed by atoms with van der Waals surface area (Å²) in [6.45, 7) is 6.52. The van der Waals surface area contributed by atoms with Crippen molar-refractivity contribution in [2.45, 2.75) is 38.0 Å². The minimum absolute atomic E-state index is 0.108. The van der Waals surface area contributed by atoms with Crippen LogP contribution in [0.15, 0.2) is 66.8 Å². The molecule has 2 heterocycles. The van der Waals surface area contributed by atoms with E-state index >= 15 is 0 Å². The first-order chi connectivity index (χ1) is 15.1. The van der Waals surface area contributed by atoms with Crippen LogP contribution in [0.1, 0.15) is 43.9 Å². The predicted octanol–water partition coefficient (Wildman–Crippen LogP) is 3.53. The summed E-state index contributed by atoms with van der Waals surface area (Å²) < 4.78 is 0. The van der Waals surface area contributed by atoms with E-state index in [2.05, 4.69) is 20.8 Å². The van der Waals surface area contributed by atoms with E-state index < -0.39 is 0 Å². The number of hydrogen-bond acceptors (Lipinski definition) is 4. The van der Waals surface area contributed by atoms with Gasteiger partial charge in [0.05, 0.1) is 11.4 Å². The average Bonchev–Trinajstić information content (AvgIpc) is 3.34. The topological polar surface area (TPSA) is 74.8 Å². The van der Waals surface area contributed by atoms with Crippen LogP contribution in [0, 0.1) is 0 Å². The Morgan fingerprint density at radius 2 is 1.09 bits per heavy atom. The molecule has 2 aliphatic heterocycles. The van der Waals surface area contributed by atoms with Gasteiger partial charge in [0, 0.05) is 29.7 Å². The molecular weight excluding hydrogens is 404 g/mol. The Hall–Kier alpha value is -3.80. The highest BCUT2D eigenvalue weighted by Gasteiger charge is 2.46. The van der Waals surface area contributed by atoms with E-state index in [0.717, 1.165) is 22.4 Å². The Morgan fingerprint density at radius 3 is 1.62 bits per heavy atom. The number of hydrogen-bond donors (Lipinski definition) is 0. The molecule has 6 heteroatoms. The maximum absolute atomic E-state index is 12.2. The molecule has 1 aliphatic carbocycles. The largest absolute Gasteiger partial charge is 0.269 e. The van der Waals surface area contributed by atoms with E-state index in [0.29, 0.717) is 11.4 Å². The lowest BCUT2D eigenvalue weighted by Gasteiger charge is -2.29. The normalized spacial score (nSPS) is 23.6. The fourth-order valence-electron chi connectivity index (χ4n) is 5.34. The van der Waals surface area contributed by atoms with Gasteiger partial charge in [-0.15, -0.1) is 0 Å². The summed E-state index contributed by atoms with van der Waals surface area (Å²) in [4.78, 5) is 50.8. The first-order valence-electron chi connectivity index (χ1n) is 10.5. The van der Waals surface area contributed by atoms with Crippen molar-refractivity contribution >= 4 is 35.0 Å². The maximum Gasteiger partial charge on any atom is 0.258 e. The Balaban J connectivity index is 1.57. The van der Waals surface area contributed by atoms with Gasteiger partial charge < -0.3 is 0 Å². The second-order valence-corrected chi connectivity index (χ2v) is 9.36. The van der Waals surface area contributed by atoms with Crippen LogP contribution in [0.2, 0.25) is 0 Å². The summed E-state index contributed by atoms with van der Waals surface area (Å²) in [6.07, 6.45) is 5.94. The van der Waals surface area contributed by atoms with Crippen LogP contribution in [0.25, 0.3) is 0 Å². The Bertz CT molecular complexity index is 1230. The quantitative estimate of drug-likeness (QED) is 0.704. The van der Waals surface area contributed by atoms with Gasteiger partial charge >= 0.3 is 0 Å². The third-order valence-corrected chi connectivity index (χ3v) is 6.76. The van der Waals surface area contributed by atoms with E-state index in [1.54, 1.807) is 12.1 Å². The van der Waals surface area contributed by atoms with Gasteiger partial charge in [-0.1, -0.05) is 39.0 Å². The summed E-state index contributed by atoms with van der Waals surface area (Å²) in [5.74, 6) is -1.38. The molecule has 0 fully saturated rings. The van der Waals surface area contributed by atoms with Crippen molar-refractivity contribution in [1.29, 1.82) is 0 Å². The number of rotatable bonds is 3. The molecule has 0 saturated carbocycles. The molecule has 0 N–H and O–H groups in total. The highest BCUT2D eigenvalue weighted by atomic mass is 16.2. The van der Waals surface area contributed by atoms with Gasteiger partial charge in [-0.25, -0.2) is 9.80 Å². The van der Waals surface area contributed by atoms with Crippen LogP contribution in [0.3, 0.4) is 0 Å². The summed E-state index contributed by atoms with van der Waals surface area (Å²) in [5.41, 5.74) is 3.89. The van der Waals surface area contributed by atoms with Crippen LogP contribution in [-0.4, -0.2) is 23.6 Å². The molecule has 2 aromatic rings. The van der Waals surface area contributed by atoms with Crippen molar-refractivity contribution in [2.75, 3.05) is 9.80 Å². The van der Waals surface area contributed by atoms with E-state index in [1.807, 2.05) is 30.3 Å². The molecule has 0 bridgehead atoms. The van der Waals surface area contributed by atoms with Crippen molar-refractivity contribution in [3.05, 3.63) is 83.5 Å². The second-order valence-electron chi connectivity index (χ2n) is 9.36. The molecule has 4 amide bonds. The molecule has 0 aromatic heterocycles. The number of carbonyl (C=O) groups is 4. The Kier molecular flexibility index (Phi) is 4.15. The van der Waals surface area contributed by atoms with Crippen LogP contribution < -0.4 is 9.80 Å². The summed E-state index contributed by atoms with van der Waals surface area (Å²) >= 11 is 0. The Labute approximate surface area is 185 Å². The van der Waals surface area contributed by atoms with Gasteiger partial charge in [0.15, 0.2) is 0 Å². The molecule has 0 spiro atoms. The van der Waals surface area contributed by atoms with Crippen LogP contribution in [-0.2, 0) is 30.0 Å². The third-order valence-electron chi connectivity index (χ3n) is 6.76. The molecule has 160 valence electrons. The van der Waals surface area contributed by atoms with Crippen LogP contribution >= 0.6 is 0 Å². The van der Waals surface area contributed by atoms with Crippen LogP contribution in [0.4, 0.5) is 11.4 Å². The number of anilines is 2. The molecule has 0 saturated heterocycles. The van der Waals surface area contributed by atoms with E-state index in [-0.39, 0.29) is 34.5 Å². The summed E-state index contributed by atoms with van der Waals surface area (Å²) in [5, 5.41) is 0. The molecular formula is C26H22N2O4. The lowest BCUT2D eigenvalue weighted by atomic mass is 9.75. The molecule has 5 rings (SSSR count). The standard InChI is InChI=1S/C26H22N2O4/c1-25(2)15-26(3,16-4-6-17(7-5-16)27-21(29)10-11-22(27)30)20-14-18(8-9-19(20)25)28-23(31)12-13-24(28)32/h4-14H,15H2,1-3H3. The Morgan fingerprint density at radius 1 is 0.625 bits per heavy atom. The first-order valence-corrected chi connectivity index (χ1v) is 10.5. The van der Waals surface area contributed by atoms with Crippen molar-refractivity contribution in [1.82, 2.24) is 0 Å². The van der Waals surface area contributed by atoms with Crippen molar-refractivity contribution < 1.29 is 19.2 Å². The highest BCUT2D eigenvalue weighted by Crippen LogP contribution is 2.53. The third kappa shape index (κ3) is 2.79. The van der Waals surface area contributed by atoms with Crippen LogP contribution in [0.5, 0.6) is 0 Å². The van der Waals surface area contributed by atoms with Gasteiger partial charge in [-0.3, -0.25) is 19.2 Å². The van der Waals surface area contributed by atoms with Gasteiger partial charge in [-0.2, -0.15) is 0 Å². The monoisotopic (exact) mass is 426 g/mol. The molecule has 2 aromatic carbocycles. The number of fused-ring (bicyclic) bond motifs is 1. The van der Waals surface area contributed by atoms with Gasteiger partial charge in [0.1, 0.15) is 0 Å². The highest BCUT2D eigenvalue weighted by molar-refractivity contribution is 6.28. The summed E-state index contributed by atoms with van der Waals surface area (Å²) in [6, 6.07) is 13.2. The lowest BCUT2D eigenvalue weighted by Crippen LogP contribution is -2.30. The molecule has 1 unspecified atom stereocenters. The van der Waals surface area contributed by atoms with E-state index in [4.69, 9.17) is 0 Å². The number of nitrogens with zero attached hydrogens (tertiary/aromatic N) is 2. The number of amides is 4. The predicted molar refractivity (Wildman–Crippen MR) is 120 cm³/mol. The minimum Gasteiger partial charge on any atom is -0.269 e. The zero-order valence-electron chi connectivity index (χ0n) is 18.1. The van der Waals surface area contributed by atoms with Crippen molar-refractivity contribution in [3.8, 4) is 0 Å².